The Morgan fingerprint density at radius 3 is 2.72 bits per heavy atom. The lowest BCUT2D eigenvalue weighted by molar-refractivity contribution is 0.371. The van der Waals surface area contributed by atoms with Crippen LogP contribution >= 0.6 is 11.3 Å². The normalized spacial score (nSPS) is 13.6. The second-order valence-corrected chi connectivity index (χ2v) is 6.84. The van der Waals surface area contributed by atoms with E-state index in [1.54, 1.807) is 31.6 Å². The zero-order valence-corrected chi connectivity index (χ0v) is 15.0. The zero-order valence-electron chi connectivity index (χ0n) is 14.2. The van der Waals surface area contributed by atoms with E-state index in [-0.39, 0.29) is 0 Å². The highest BCUT2D eigenvalue weighted by molar-refractivity contribution is 7.09. The number of nitrogens with one attached hydrogen (secondary N) is 1. The Kier molecular flexibility index (Phi) is 4.27. The average Bonchev–Trinajstić information content (AvgIpc) is 3.31. The van der Waals surface area contributed by atoms with E-state index in [1.807, 2.05) is 0 Å². The van der Waals surface area contributed by atoms with Crippen molar-refractivity contribution in [2.45, 2.75) is 19.4 Å². The Bertz CT molecular complexity index is 840. The summed E-state index contributed by atoms with van der Waals surface area (Å²) in [7, 11) is 3.18. The molecule has 4 rings (SSSR count). The summed E-state index contributed by atoms with van der Waals surface area (Å²) < 4.78 is 10.5. The monoisotopic (exact) mass is 357 g/mol. The van der Waals surface area contributed by atoms with Crippen molar-refractivity contribution in [2.24, 2.45) is 0 Å². The molecule has 0 spiro atoms. The summed E-state index contributed by atoms with van der Waals surface area (Å²) in [5, 5.41) is 9.82. The first-order valence-corrected chi connectivity index (χ1v) is 8.94. The van der Waals surface area contributed by atoms with Crippen LogP contribution in [0.15, 0.2) is 23.6 Å². The molecule has 3 aromatic rings. The van der Waals surface area contributed by atoms with Gasteiger partial charge in [-0.25, -0.2) is 0 Å². The number of aromatic nitrogens is 4. The van der Waals surface area contributed by atoms with E-state index in [4.69, 9.17) is 9.47 Å². The zero-order chi connectivity index (χ0) is 17.2. The van der Waals surface area contributed by atoms with Crippen molar-refractivity contribution in [3.05, 3.63) is 45.4 Å². The van der Waals surface area contributed by atoms with Gasteiger partial charge in [-0.3, -0.25) is 5.10 Å². The van der Waals surface area contributed by atoms with E-state index >= 15 is 0 Å². The van der Waals surface area contributed by atoms with Crippen molar-refractivity contribution in [1.29, 1.82) is 0 Å². The molecule has 0 fully saturated rings. The molecule has 130 valence electrons. The van der Waals surface area contributed by atoms with Crippen LogP contribution in [0.3, 0.4) is 0 Å². The SMILES string of the molecule is COc1cc(OC)nc(N2CCc3[nH]nc(Cc4cccs4)c3C2)n1. The Morgan fingerprint density at radius 1 is 1.24 bits per heavy atom. The summed E-state index contributed by atoms with van der Waals surface area (Å²) in [6, 6.07) is 5.89. The fourth-order valence-corrected chi connectivity index (χ4v) is 3.70. The maximum Gasteiger partial charge on any atom is 0.232 e. The van der Waals surface area contributed by atoms with Gasteiger partial charge in [0.2, 0.25) is 17.7 Å². The lowest BCUT2D eigenvalue weighted by atomic mass is 10.0. The molecule has 0 aromatic carbocycles. The third-order valence-electron chi connectivity index (χ3n) is 4.31. The first kappa shape index (κ1) is 15.9. The second-order valence-electron chi connectivity index (χ2n) is 5.81. The van der Waals surface area contributed by atoms with Crippen LogP contribution in [0.25, 0.3) is 0 Å². The number of aromatic amines is 1. The van der Waals surface area contributed by atoms with Crippen LogP contribution in [0.4, 0.5) is 5.95 Å². The van der Waals surface area contributed by atoms with Crippen LogP contribution in [0.1, 0.15) is 21.8 Å². The van der Waals surface area contributed by atoms with Gasteiger partial charge in [0, 0.05) is 42.1 Å². The van der Waals surface area contributed by atoms with E-state index < -0.39 is 0 Å². The molecule has 0 unspecified atom stereocenters. The molecule has 3 aromatic heterocycles. The lowest BCUT2D eigenvalue weighted by Crippen LogP contribution is -2.32. The molecule has 1 aliphatic rings. The van der Waals surface area contributed by atoms with E-state index in [0.29, 0.717) is 17.7 Å². The van der Waals surface area contributed by atoms with Gasteiger partial charge < -0.3 is 14.4 Å². The summed E-state index contributed by atoms with van der Waals surface area (Å²) in [5.74, 6) is 1.61. The van der Waals surface area contributed by atoms with Gasteiger partial charge in [0.1, 0.15) is 0 Å². The number of nitrogens with zero attached hydrogens (tertiary/aromatic N) is 4. The highest BCUT2D eigenvalue weighted by Crippen LogP contribution is 2.28. The highest BCUT2D eigenvalue weighted by atomic mass is 32.1. The predicted octanol–water partition coefficient (Wildman–Crippen LogP) is 2.43. The minimum Gasteiger partial charge on any atom is -0.481 e. The Balaban J connectivity index is 1.61. The number of fused-ring (bicyclic) bond motifs is 1. The van der Waals surface area contributed by atoms with Crippen LogP contribution in [0.2, 0.25) is 0 Å². The second kappa shape index (κ2) is 6.72. The standard InChI is InChI=1S/C17H19N5O2S/c1-23-15-9-16(24-2)19-17(18-15)22-6-5-13-12(10-22)14(21-20-13)8-11-4-3-7-25-11/h3-4,7,9H,5-6,8,10H2,1-2H3,(H,20,21). The Hall–Kier alpha value is -2.61. The van der Waals surface area contributed by atoms with Crippen molar-refractivity contribution in [3.63, 3.8) is 0 Å². The maximum absolute atomic E-state index is 5.26. The molecule has 0 aliphatic carbocycles. The smallest absolute Gasteiger partial charge is 0.232 e. The lowest BCUT2D eigenvalue weighted by Gasteiger charge is -2.27. The van der Waals surface area contributed by atoms with Gasteiger partial charge in [-0.2, -0.15) is 15.1 Å². The van der Waals surface area contributed by atoms with E-state index in [2.05, 4.69) is 42.6 Å². The minimum absolute atomic E-state index is 0.499. The van der Waals surface area contributed by atoms with Crippen LogP contribution in [-0.4, -0.2) is 40.9 Å². The van der Waals surface area contributed by atoms with Crippen LogP contribution < -0.4 is 14.4 Å². The topological polar surface area (TPSA) is 76.2 Å². The molecule has 1 aliphatic heterocycles. The average molecular weight is 357 g/mol. The fourth-order valence-electron chi connectivity index (χ4n) is 2.99. The molecule has 1 N–H and O–H groups in total. The summed E-state index contributed by atoms with van der Waals surface area (Å²) in [5.41, 5.74) is 3.54. The van der Waals surface area contributed by atoms with Crippen molar-refractivity contribution in [2.75, 3.05) is 25.7 Å². The summed E-state index contributed by atoms with van der Waals surface area (Å²) in [6.07, 6.45) is 1.73. The van der Waals surface area contributed by atoms with Gasteiger partial charge in [0.25, 0.3) is 0 Å². The number of ether oxygens (including phenoxy) is 2. The van der Waals surface area contributed by atoms with Crippen LogP contribution in [0, 0.1) is 0 Å². The van der Waals surface area contributed by atoms with Gasteiger partial charge in [-0.15, -0.1) is 11.3 Å². The quantitative estimate of drug-likeness (QED) is 0.756. The number of hydrogen-bond acceptors (Lipinski definition) is 7. The third-order valence-corrected chi connectivity index (χ3v) is 5.19. The van der Waals surface area contributed by atoms with Crippen LogP contribution in [0.5, 0.6) is 11.8 Å². The molecule has 0 bridgehead atoms. The number of thiophene rings is 1. The number of anilines is 1. The predicted molar refractivity (Wildman–Crippen MR) is 95.6 cm³/mol. The highest BCUT2D eigenvalue weighted by Gasteiger charge is 2.24. The summed E-state index contributed by atoms with van der Waals surface area (Å²) in [4.78, 5) is 12.4. The van der Waals surface area contributed by atoms with Crippen molar-refractivity contribution in [1.82, 2.24) is 20.2 Å². The molecule has 7 nitrogen and oxygen atoms in total. The summed E-state index contributed by atoms with van der Waals surface area (Å²) >= 11 is 1.75. The molecule has 0 saturated carbocycles. The molecular weight excluding hydrogens is 338 g/mol. The molecule has 4 heterocycles. The third kappa shape index (κ3) is 3.17. The number of methoxy groups -OCH3 is 2. The van der Waals surface area contributed by atoms with E-state index in [1.165, 1.54) is 16.1 Å². The number of H-pyrrole nitrogens is 1. The molecule has 0 radical (unpaired) electrons. The van der Waals surface area contributed by atoms with Crippen molar-refractivity contribution in [3.8, 4) is 11.8 Å². The first-order valence-electron chi connectivity index (χ1n) is 8.06. The fraction of sp³-hybridized carbons (Fsp3) is 0.353. The van der Waals surface area contributed by atoms with Gasteiger partial charge in [-0.05, 0) is 11.4 Å². The van der Waals surface area contributed by atoms with Gasteiger partial charge in [0.15, 0.2) is 0 Å². The van der Waals surface area contributed by atoms with Crippen LogP contribution in [-0.2, 0) is 19.4 Å². The largest absolute Gasteiger partial charge is 0.481 e. The Morgan fingerprint density at radius 2 is 2.04 bits per heavy atom. The molecule has 8 heteroatoms. The summed E-state index contributed by atoms with van der Waals surface area (Å²) in [6.45, 7) is 1.55. The van der Waals surface area contributed by atoms with Gasteiger partial charge >= 0.3 is 0 Å². The minimum atomic E-state index is 0.499. The molecule has 25 heavy (non-hydrogen) atoms. The van der Waals surface area contributed by atoms with Crippen molar-refractivity contribution < 1.29 is 9.47 Å². The molecule has 0 atom stereocenters. The number of hydrogen-bond donors (Lipinski definition) is 1. The first-order chi connectivity index (χ1) is 12.3. The molecular formula is C17H19N5O2S. The van der Waals surface area contributed by atoms with E-state index in [0.717, 1.165) is 31.6 Å². The Labute approximate surface area is 149 Å². The number of rotatable bonds is 5. The maximum atomic E-state index is 5.26. The van der Waals surface area contributed by atoms with Crippen molar-refractivity contribution >= 4 is 17.3 Å². The molecule has 0 amide bonds. The van der Waals surface area contributed by atoms with Gasteiger partial charge in [0.05, 0.1) is 26.0 Å². The van der Waals surface area contributed by atoms with E-state index in [9.17, 15) is 0 Å². The van der Waals surface area contributed by atoms with Gasteiger partial charge in [-0.1, -0.05) is 6.07 Å². The molecule has 0 saturated heterocycles.